The van der Waals surface area contributed by atoms with Gasteiger partial charge in [-0.25, -0.2) is 4.39 Å². The minimum Gasteiger partial charge on any atom is -0.389 e. The summed E-state index contributed by atoms with van der Waals surface area (Å²) in [7, 11) is 0. The molecule has 0 aromatic heterocycles. The third-order valence-electron chi connectivity index (χ3n) is 3.95. The van der Waals surface area contributed by atoms with Gasteiger partial charge in [0, 0.05) is 11.1 Å². The van der Waals surface area contributed by atoms with E-state index in [4.69, 9.17) is 22.7 Å². The molecule has 0 bridgehead atoms. The number of halogens is 1. The number of thiocarbonyl (C=S) groups is 1. The quantitative estimate of drug-likeness (QED) is 0.858. The first-order valence-corrected chi connectivity index (χ1v) is 7.57. The molecule has 2 atom stereocenters. The van der Waals surface area contributed by atoms with E-state index in [0.29, 0.717) is 23.0 Å². The van der Waals surface area contributed by atoms with Crippen LogP contribution < -0.4 is 5.73 Å². The van der Waals surface area contributed by atoms with Crippen LogP contribution in [0, 0.1) is 17.7 Å². The van der Waals surface area contributed by atoms with Gasteiger partial charge in [0.25, 0.3) is 0 Å². The molecule has 1 aromatic rings. The maximum Gasteiger partial charge on any atom is 0.138 e. The lowest BCUT2D eigenvalue weighted by Gasteiger charge is -2.31. The molecule has 0 aliphatic heterocycles. The van der Waals surface area contributed by atoms with Gasteiger partial charge in [0.2, 0.25) is 0 Å². The fraction of sp³-hybridized carbons (Fsp3) is 0.562. The predicted molar refractivity (Wildman–Crippen MR) is 83.0 cm³/mol. The molecule has 20 heavy (non-hydrogen) atoms. The van der Waals surface area contributed by atoms with E-state index in [1.165, 1.54) is 6.42 Å². The van der Waals surface area contributed by atoms with E-state index in [-0.39, 0.29) is 23.5 Å². The highest BCUT2D eigenvalue weighted by Crippen LogP contribution is 2.31. The second kappa shape index (κ2) is 6.64. The minimum atomic E-state index is -0.350. The highest BCUT2D eigenvalue weighted by Gasteiger charge is 2.24. The van der Waals surface area contributed by atoms with Gasteiger partial charge in [-0.05, 0) is 37.2 Å². The molecule has 0 heterocycles. The predicted octanol–water partition coefficient (Wildman–Crippen LogP) is 3.80. The SMILES string of the molecule is CC1CC(C)CC(OCc2cccc(C(N)=S)c2F)C1. The minimum absolute atomic E-state index is 0.0873. The van der Waals surface area contributed by atoms with Gasteiger partial charge in [-0.15, -0.1) is 0 Å². The van der Waals surface area contributed by atoms with Crippen molar-refractivity contribution in [3.63, 3.8) is 0 Å². The lowest BCUT2D eigenvalue weighted by Crippen LogP contribution is -2.26. The van der Waals surface area contributed by atoms with Crippen molar-refractivity contribution in [2.24, 2.45) is 17.6 Å². The molecule has 1 saturated carbocycles. The molecule has 110 valence electrons. The lowest BCUT2D eigenvalue weighted by atomic mass is 9.82. The highest BCUT2D eigenvalue weighted by molar-refractivity contribution is 7.80. The topological polar surface area (TPSA) is 35.2 Å². The summed E-state index contributed by atoms with van der Waals surface area (Å²) in [5, 5.41) is 0. The highest BCUT2D eigenvalue weighted by atomic mass is 32.1. The Hall–Kier alpha value is -1.00. The molecule has 4 heteroatoms. The van der Waals surface area contributed by atoms with Gasteiger partial charge >= 0.3 is 0 Å². The van der Waals surface area contributed by atoms with Crippen molar-refractivity contribution in [3.05, 3.63) is 35.1 Å². The zero-order chi connectivity index (χ0) is 14.7. The summed E-state index contributed by atoms with van der Waals surface area (Å²) in [4.78, 5) is 0.0873. The van der Waals surface area contributed by atoms with Crippen molar-refractivity contribution >= 4 is 17.2 Å². The molecule has 1 fully saturated rings. The van der Waals surface area contributed by atoms with E-state index in [1.807, 2.05) is 0 Å². The number of hydrogen-bond donors (Lipinski definition) is 1. The van der Waals surface area contributed by atoms with Crippen LogP contribution in [0.2, 0.25) is 0 Å². The van der Waals surface area contributed by atoms with E-state index < -0.39 is 0 Å². The molecule has 2 N–H and O–H groups in total. The molecule has 0 saturated heterocycles. The Labute approximate surface area is 125 Å². The van der Waals surface area contributed by atoms with Crippen molar-refractivity contribution in [2.75, 3.05) is 0 Å². The largest absolute Gasteiger partial charge is 0.389 e. The van der Waals surface area contributed by atoms with E-state index in [1.54, 1.807) is 18.2 Å². The second-order valence-corrected chi connectivity index (χ2v) is 6.43. The molecule has 1 aromatic carbocycles. The van der Waals surface area contributed by atoms with Crippen molar-refractivity contribution in [1.29, 1.82) is 0 Å². The zero-order valence-corrected chi connectivity index (χ0v) is 12.9. The fourth-order valence-corrected chi connectivity index (χ4v) is 3.26. The Balaban J connectivity index is 2.00. The molecule has 2 nitrogen and oxygen atoms in total. The third-order valence-corrected chi connectivity index (χ3v) is 4.17. The summed E-state index contributed by atoms with van der Waals surface area (Å²) >= 11 is 4.85. The Bertz CT molecular complexity index is 481. The van der Waals surface area contributed by atoms with Crippen LogP contribution >= 0.6 is 12.2 Å². The summed E-state index contributed by atoms with van der Waals surface area (Å²) < 4.78 is 20.1. The van der Waals surface area contributed by atoms with Crippen LogP contribution in [0.3, 0.4) is 0 Å². The maximum absolute atomic E-state index is 14.2. The molecule has 0 amide bonds. The van der Waals surface area contributed by atoms with Gasteiger partial charge in [0.15, 0.2) is 0 Å². The van der Waals surface area contributed by atoms with Crippen molar-refractivity contribution in [3.8, 4) is 0 Å². The Kier molecular flexibility index (Phi) is 5.11. The monoisotopic (exact) mass is 295 g/mol. The summed E-state index contributed by atoms with van der Waals surface area (Å²) in [5.74, 6) is 1.00. The normalized spacial score (nSPS) is 26.4. The standard InChI is InChI=1S/C16H22FNOS/c1-10-6-11(2)8-13(7-10)19-9-12-4-3-5-14(15(12)17)16(18)20/h3-5,10-11,13H,6-9H2,1-2H3,(H2,18,20). The number of hydrogen-bond acceptors (Lipinski definition) is 2. The Morgan fingerprint density at radius 3 is 2.55 bits per heavy atom. The van der Waals surface area contributed by atoms with Crippen LogP contribution in [0.4, 0.5) is 4.39 Å². The van der Waals surface area contributed by atoms with Gasteiger partial charge in [0.05, 0.1) is 12.7 Å². The van der Waals surface area contributed by atoms with Crippen molar-refractivity contribution in [2.45, 2.75) is 45.8 Å². The molecule has 0 spiro atoms. The number of nitrogens with two attached hydrogens (primary N) is 1. The first-order valence-electron chi connectivity index (χ1n) is 7.16. The molecule has 1 aliphatic carbocycles. The van der Waals surface area contributed by atoms with Gasteiger partial charge in [-0.3, -0.25) is 0 Å². The molecule has 2 rings (SSSR count). The number of benzene rings is 1. The van der Waals surface area contributed by atoms with Crippen LogP contribution in [-0.2, 0) is 11.3 Å². The number of rotatable bonds is 4. The van der Waals surface area contributed by atoms with E-state index >= 15 is 0 Å². The summed E-state index contributed by atoms with van der Waals surface area (Å²) in [6, 6.07) is 5.10. The number of ether oxygens (including phenoxy) is 1. The van der Waals surface area contributed by atoms with Crippen molar-refractivity contribution in [1.82, 2.24) is 0 Å². The average Bonchev–Trinajstić information content (AvgIpc) is 2.36. The van der Waals surface area contributed by atoms with Crippen LogP contribution in [0.1, 0.15) is 44.2 Å². The summed E-state index contributed by atoms with van der Waals surface area (Å²) in [6.45, 7) is 4.78. The third kappa shape index (κ3) is 3.76. The molecular weight excluding hydrogens is 273 g/mol. The van der Waals surface area contributed by atoms with Crippen LogP contribution in [0.15, 0.2) is 18.2 Å². The Morgan fingerprint density at radius 2 is 1.95 bits per heavy atom. The lowest BCUT2D eigenvalue weighted by molar-refractivity contribution is -0.0102. The maximum atomic E-state index is 14.2. The van der Waals surface area contributed by atoms with Gasteiger partial charge in [-0.2, -0.15) is 0 Å². The Morgan fingerprint density at radius 1 is 1.30 bits per heavy atom. The zero-order valence-electron chi connectivity index (χ0n) is 12.1. The van der Waals surface area contributed by atoms with Crippen LogP contribution in [0.25, 0.3) is 0 Å². The fourth-order valence-electron chi connectivity index (χ4n) is 3.10. The van der Waals surface area contributed by atoms with Gasteiger partial charge in [-0.1, -0.05) is 38.2 Å². The van der Waals surface area contributed by atoms with Crippen molar-refractivity contribution < 1.29 is 9.13 Å². The van der Waals surface area contributed by atoms with E-state index in [0.717, 1.165) is 12.8 Å². The first-order chi connectivity index (χ1) is 9.47. The second-order valence-electron chi connectivity index (χ2n) is 5.99. The first kappa shape index (κ1) is 15.4. The van der Waals surface area contributed by atoms with Crippen LogP contribution in [-0.4, -0.2) is 11.1 Å². The summed E-state index contributed by atoms with van der Waals surface area (Å²) in [5.41, 5.74) is 6.34. The molecule has 1 aliphatic rings. The smallest absolute Gasteiger partial charge is 0.138 e. The summed E-state index contributed by atoms with van der Waals surface area (Å²) in [6.07, 6.45) is 3.59. The molecule has 2 unspecified atom stereocenters. The van der Waals surface area contributed by atoms with E-state index in [2.05, 4.69) is 13.8 Å². The molecule has 0 radical (unpaired) electrons. The average molecular weight is 295 g/mol. The van der Waals surface area contributed by atoms with Crippen LogP contribution in [0.5, 0.6) is 0 Å². The van der Waals surface area contributed by atoms with Gasteiger partial charge < -0.3 is 10.5 Å². The molecular formula is C16H22FNOS. The van der Waals surface area contributed by atoms with E-state index in [9.17, 15) is 4.39 Å². The van der Waals surface area contributed by atoms with Gasteiger partial charge in [0.1, 0.15) is 10.8 Å².